The fourth-order valence-corrected chi connectivity index (χ4v) is 1.61. The van der Waals surface area contributed by atoms with E-state index in [2.05, 4.69) is 47.8 Å². The van der Waals surface area contributed by atoms with Crippen molar-refractivity contribution in [3.63, 3.8) is 0 Å². The summed E-state index contributed by atoms with van der Waals surface area (Å²) in [4.78, 5) is 0. The van der Waals surface area contributed by atoms with E-state index in [9.17, 15) is 0 Å². The molecule has 0 amide bonds. The SMILES string of the molecule is C1=CC(CCc2ccccc2)=CCN1. The first kappa shape index (κ1) is 9.07. The highest BCUT2D eigenvalue weighted by atomic mass is 14.8. The summed E-state index contributed by atoms with van der Waals surface area (Å²) in [5.41, 5.74) is 2.85. The maximum absolute atomic E-state index is 3.16. The Kier molecular flexibility index (Phi) is 3.02. The van der Waals surface area contributed by atoms with Crippen molar-refractivity contribution in [1.82, 2.24) is 5.32 Å². The lowest BCUT2D eigenvalue weighted by atomic mass is 10.0. The van der Waals surface area contributed by atoms with Gasteiger partial charge in [-0.1, -0.05) is 36.4 Å². The van der Waals surface area contributed by atoms with Crippen molar-refractivity contribution in [2.75, 3.05) is 6.54 Å². The highest BCUT2D eigenvalue weighted by molar-refractivity contribution is 5.24. The molecule has 0 aromatic heterocycles. The van der Waals surface area contributed by atoms with Crippen molar-refractivity contribution in [2.24, 2.45) is 0 Å². The van der Waals surface area contributed by atoms with Gasteiger partial charge in [0.25, 0.3) is 0 Å². The summed E-state index contributed by atoms with van der Waals surface area (Å²) in [7, 11) is 0. The third-order valence-electron chi connectivity index (χ3n) is 2.44. The van der Waals surface area contributed by atoms with Crippen LogP contribution in [0.2, 0.25) is 0 Å². The number of dihydropyridines is 1. The topological polar surface area (TPSA) is 12.0 Å². The molecule has 2 rings (SSSR count). The van der Waals surface area contributed by atoms with Crippen LogP contribution in [0.3, 0.4) is 0 Å². The van der Waals surface area contributed by atoms with E-state index < -0.39 is 0 Å². The van der Waals surface area contributed by atoms with Gasteiger partial charge in [-0.05, 0) is 36.3 Å². The Hall–Kier alpha value is -1.50. The molecule has 1 heterocycles. The molecule has 14 heavy (non-hydrogen) atoms. The van der Waals surface area contributed by atoms with Crippen molar-refractivity contribution in [2.45, 2.75) is 12.8 Å². The maximum atomic E-state index is 3.16. The molecule has 1 heteroatoms. The zero-order valence-corrected chi connectivity index (χ0v) is 8.24. The first-order valence-electron chi connectivity index (χ1n) is 5.08. The van der Waals surface area contributed by atoms with E-state index in [-0.39, 0.29) is 0 Å². The molecule has 0 atom stereocenters. The second-order valence-corrected chi connectivity index (χ2v) is 3.51. The lowest BCUT2D eigenvalue weighted by Gasteiger charge is -2.08. The second-order valence-electron chi connectivity index (χ2n) is 3.51. The largest absolute Gasteiger partial charge is 0.387 e. The molecular weight excluding hydrogens is 170 g/mol. The van der Waals surface area contributed by atoms with Gasteiger partial charge in [-0.15, -0.1) is 0 Å². The molecule has 0 aliphatic carbocycles. The maximum Gasteiger partial charge on any atom is 0.0331 e. The molecule has 1 nitrogen and oxygen atoms in total. The van der Waals surface area contributed by atoms with Crippen LogP contribution < -0.4 is 5.32 Å². The lowest BCUT2D eigenvalue weighted by Crippen LogP contribution is -2.08. The molecule has 1 aliphatic rings. The minimum absolute atomic E-state index is 0.973. The Morgan fingerprint density at radius 2 is 1.93 bits per heavy atom. The van der Waals surface area contributed by atoms with Crippen molar-refractivity contribution < 1.29 is 0 Å². The van der Waals surface area contributed by atoms with Crippen LogP contribution in [0.15, 0.2) is 54.3 Å². The predicted molar refractivity (Wildman–Crippen MR) is 60.0 cm³/mol. The molecule has 1 aromatic carbocycles. The summed E-state index contributed by atoms with van der Waals surface area (Å²) in [6.45, 7) is 0.973. The number of hydrogen-bond donors (Lipinski definition) is 1. The molecular formula is C13H15N. The highest BCUT2D eigenvalue weighted by Crippen LogP contribution is 2.11. The molecule has 0 fully saturated rings. The monoisotopic (exact) mass is 185 g/mol. The first-order valence-corrected chi connectivity index (χ1v) is 5.08. The van der Waals surface area contributed by atoms with Crippen LogP contribution in [0.1, 0.15) is 12.0 Å². The fraction of sp³-hybridized carbons (Fsp3) is 0.231. The van der Waals surface area contributed by atoms with Crippen LogP contribution >= 0.6 is 0 Å². The molecule has 0 saturated heterocycles. The van der Waals surface area contributed by atoms with Crippen LogP contribution in [0.5, 0.6) is 0 Å². The van der Waals surface area contributed by atoms with Crippen molar-refractivity contribution in [3.05, 3.63) is 59.8 Å². The van der Waals surface area contributed by atoms with Crippen molar-refractivity contribution in [1.29, 1.82) is 0 Å². The standard InChI is InChI=1S/C13H15N/c1-2-4-12(5-3-1)6-7-13-8-10-14-11-9-13/h1-5,8-10,14H,6-7,11H2. The molecule has 0 spiro atoms. The van der Waals surface area contributed by atoms with Gasteiger partial charge < -0.3 is 5.32 Å². The number of allylic oxidation sites excluding steroid dienone is 2. The van der Waals surface area contributed by atoms with Crippen molar-refractivity contribution in [3.8, 4) is 0 Å². The van der Waals surface area contributed by atoms with Crippen LogP contribution in [-0.4, -0.2) is 6.54 Å². The minimum Gasteiger partial charge on any atom is -0.387 e. The van der Waals surface area contributed by atoms with E-state index >= 15 is 0 Å². The van der Waals surface area contributed by atoms with E-state index in [1.807, 2.05) is 6.20 Å². The smallest absolute Gasteiger partial charge is 0.0331 e. The molecule has 0 unspecified atom stereocenters. The average molecular weight is 185 g/mol. The Morgan fingerprint density at radius 1 is 1.07 bits per heavy atom. The average Bonchev–Trinajstić information content (AvgIpc) is 2.29. The number of benzene rings is 1. The Balaban J connectivity index is 1.88. The van der Waals surface area contributed by atoms with Crippen LogP contribution in [-0.2, 0) is 6.42 Å². The summed E-state index contributed by atoms with van der Waals surface area (Å²) in [6, 6.07) is 10.6. The van der Waals surface area contributed by atoms with Gasteiger partial charge in [0, 0.05) is 6.54 Å². The first-order chi connectivity index (χ1) is 6.95. The molecule has 72 valence electrons. The second kappa shape index (κ2) is 4.66. The van der Waals surface area contributed by atoms with Crippen molar-refractivity contribution >= 4 is 0 Å². The Bertz CT molecular complexity index is 336. The Morgan fingerprint density at radius 3 is 2.64 bits per heavy atom. The summed E-state index contributed by atoms with van der Waals surface area (Å²) < 4.78 is 0. The zero-order chi connectivity index (χ0) is 9.64. The minimum atomic E-state index is 0.973. The third-order valence-corrected chi connectivity index (χ3v) is 2.44. The van der Waals surface area contributed by atoms with E-state index in [1.54, 1.807) is 0 Å². The number of aryl methyl sites for hydroxylation is 1. The molecule has 0 radical (unpaired) electrons. The molecule has 1 aliphatic heterocycles. The quantitative estimate of drug-likeness (QED) is 0.763. The normalized spacial score (nSPS) is 14.7. The molecule has 0 saturated carbocycles. The highest BCUT2D eigenvalue weighted by Gasteiger charge is 1.97. The van der Waals surface area contributed by atoms with Gasteiger partial charge in [-0.3, -0.25) is 0 Å². The van der Waals surface area contributed by atoms with Gasteiger partial charge in [-0.25, -0.2) is 0 Å². The van der Waals surface area contributed by atoms with E-state index in [1.165, 1.54) is 11.1 Å². The van der Waals surface area contributed by atoms with Gasteiger partial charge in [-0.2, -0.15) is 0 Å². The fourth-order valence-electron chi connectivity index (χ4n) is 1.61. The predicted octanol–water partition coefficient (Wildman–Crippen LogP) is 2.66. The summed E-state index contributed by atoms with van der Waals surface area (Å²) in [5, 5.41) is 3.16. The molecule has 1 aromatic rings. The number of hydrogen-bond acceptors (Lipinski definition) is 1. The van der Waals surface area contributed by atoms with Gasteiger partial charge in [0.1, 0.15) is 0 Å². The summed E-state index contributed by atoms with van der Waals surface area (Å²) in [6.07, 6.45) is 8.72. The third kappa shape index (κ3) is 2.49. The summed E-state index contributed by atoms with van der Waals surface area (Å²) >= 11 is 0. The van der Waals surface area contributed by atoms with Crippen LogP contribution in [0, 0.1) is 0 Å². The molecule has 0 bridgehead atoms. The van der Waals surface area contributed by atoms with Gasteiger partial charge in [0.05, 0.1) is 0 Å². The molecule has 1 N–H and O–H groups in total. The zero-order valence-electron chi connectivity index (χ0n) is 8.24. The number of nitrogens with one attached hydrogen (secondary N) is 1. The van der Waals surface area contributed by atoms with Crippen LogP contribution in [0.25, 0.3) is 0 Å². The van der Waals surface area contributed by atoms with E-state index in [0.717, 1.165) is 19.4 Å². The van der Waals surface area contributed by atoms with E-state index in [0.29, 0.717) is 0 Å². The van der Waals surface area contributed by atoms with Crippen LogP contribution in [0.4, 0.5) is 0 Å². The number of rotatable bonds is 3. The van der Waals surface area contributed by atoms with Gasteiger partial charge >= 0.3 is 0 Å². The lowest BCUT2D eigenvalue weighted by molar-refractivity contribution is 0.901. The summed E-state index contributed by atoms with van der Waals surface area (Å²) in [5.74, 6) is 0. The van der Waals surface area contributed by atoms with Gasteiger partial charge in [0.2, 0.25) is 0 Å². The van der Waals surface area contributed by atoms with E-state index in [4.69, 9.17) is 0 Å². The van der Waals surface area contributed by atoms with Gasteiger partial charge in [0.15, 0.2) is 0 Å². The Labute approximate surface area is 85.2 Å².